The number of ether oxygens (including phenoxy) is 4. The van der Waals surface area contributed by atoms with E-state index in [9.17, 15) is 24.0 Å². The average Bonchev–Trinajstić information content (AvgIpc) is 3.59. The Kier molecular flexibility index (Phi) is 12.6. The number of carbonyl (C=O) groups is 5. The minimum Gasteiger partial charge on any atom is -0.496 e. The lowest BCUT2D eigenvalue weighted by Gasteiger charge is -2.25. The largest absolute Gasteiger partial charge is 0.510 e. The molecule has 1 aromatic heterocycles. The van der Waals surface area contributed by atoms with E-state index in [1.165, 1.54) is 0 Å². The second kappa shape index (κ2) is 16.1. The number of benzene rings is 1. The van der Waals surface area contributed by atoms with Crippen molar-refractivity contribution in [1.29, 1.82) is 0 Å². The Hall–Kier alpha value is -4.13. The second-order valence-corrected chi connectivity index (χ2v) is 11.5. The number of carbonyl (C=O) groups excluding carboxylic acids is 5. The number of amides is 3. The van der Waals surface area contributed by atoms with Gasteiger partial charge in [0.1, 0.15) is 24.1 Å². The Balaban J connectivity index is 1.74. The van der Waals surface area contributed by atoms with Crippen LogP contribution in [-0.4, -0.2) is 79.4 Å². The van der Waals surface area contributed by atoms with E-state index in [4.69, 9.17) is 18.9 Å². The van der Waals surface area contributed by atoms with E-state index in [1.54, 1.807) is 46.1 Å². The molecular weight excluding hydrogens is 572 g/mol. The molecule has 1 aromatic carbocycles. The van der Waals surface area contributed by atoms with Gasteiger partial charge in [-0.3, -0.25) is 19.2 Å². The molecule has 2 aromatic rings. The minimum atomic E-state index is -1.08. The number of hydrogen-bond donors (Lipinski definition) is 4. The van der Waals surface area contributed by atoms with Gasteiger partial charge in [0, 0.05) is 29.8 Å². The van der Waals surface area contributed by atoms with E-state index in [-0.39, 0.29) is 30.4 Å². The monoisotopic (exact) mass is 616 g/mol. The van der Waals surface area contributed by atoms with Crippen LogP contribution in [0.15, 0.2) is 24.3 Å². The Morgan fingerprint density at radius 3 is 2.41 bits per heavy atom. The van der Waals surface area contributed by atoms with Crippen molar-refractivity contribution in [2.24, 2.45) is 11.8 Å². The first-order valence-electron chi connectivity index (χ1n) is 15.0. The standard InChI is InChI=1S/C31H44N4O9/c1-7-27(44-31(40)43-18(4)5)42-16-25(36)22(14-19-11-12-32-28(19)37)34-29(38)23(13-17(2)3)35-30(39)24-15-20-21(33-24)9-8-10-26(20)41-6/h8-10,15,17-19,22-23,27,33H,7,11-14,16H2,1-6H3,(H,32,37)(H,34,38)(H,35,39)/t19-,22-,23-,27+/m0/s1. The van der Waals surface area contributed by atoms with Crippen molar-refractivity contribution in [3.8, 4) is 5.75 Å². The zero-order chi connectivity index (χ0) is 32.4. The molecule has 0 aliphatic carbocycles. The van der Waals surface area contributed by atoms with Gasteiger partial charge in [0.05, 0.1) is 19.3 Å². The maximum Gasteiger partial charge on any atom is 0.510 e. The Labute approximate surface area is 257 Å². The van der Waals surface area contributed by atoms with Gasteiger partial charge in [0.25, 0.3) is 5.91 Å². The smallest absolute Gasteiger partial charge is 0.496 e. The SMILES string of the molecule is CC[C@H](OCC(=O)[C@H](C[C@@H]1CCNC1=O)NC(=O)[C@H](CC(C)C)NC(=O)c1cc2c(OC)cccc2[nH]1)OC(=O)OC(C)C. The highest BCUT2D eigenvalue weighted by atomic mass is 16.8. The number of fused-ring (bicyclic) bond motifs is 1. The van der Waals surface area contributed by atoms with Crippen LogP contribution in [0.4, 0.5) is 4.79 Å². The number of rotatable bonds is 16. The molecule has 44 heavy (non-hydrogen) atoms. The van der Waals surface area contributed by atoms with Crippen molar-refractivity contribution < 1.29 is 42.9 Å². The summed E-state index contributed by atoms with van der Waals surface area (Å²) >= 11 is 0. The van der Waals surface area contributed by atoms with Crippen molar-refractivity contribution >= 4 is 40.6 Å². The molecule has 0 bridgehead atoms. The molecule has 13 heteroatoms. The van der Waals surface area contributed by atoms with Gasteiger partial charge in [0.2, 0.25) is 18.1 Å². The third-order valence-corrected chi connectivity index (χ3v) is 7.11. The summed E-state index contributed by atoms with van der Waals surface area (Å²) in [4.78, 5) is 67.5. The number of aromatic amines is 1. The second-order valence-electron chi connectivity index (χ2n) is 11.5. The van der Waals surface area contributed by atoms with Crippen molar-refractivity contribution in [2.75, 3.05) is 20.3 Å². The van der Waals surface area contributed by atoms with E-state index >= 15 is 0 Å². The molecule has 13 nitrogen and oxygen atoms in total. The van der Waals surface area contributed by atoms with E-state index < -0.39 is 60.8 Å². The van der Waals surface area contributed by atoms with Gasteiger partial charge in [-0.2, -0.15) is 0 Å². The number of Topliss-reactive ketones (excluding diaryl/α,β-unsaturated/α-hetero) is 1. The van der Waals surface area contributed by atoms with Crippen LogP contribution in [0.2, 0.25) is 0 Å². The van der Waals surface area contributed by atoms with Crippen molar-refractivity contribution in [2.45, 2.75) is 84.8 Å². The van der Waals surface area contributed by atoms with Crippen LogP contribution in [0.3, 0.4) is 0 Å². The van der Waals surface area contributed by atoms with Crippen molar-refractivity contribution in [3.05, 3.63) is 30.0 Å². The van der Waals surface area contributed by atoms with Crippen LogP contribution in [-0.2, 0) is 28.6 Å². The lowest BCUT2D eigenvalue weighted by molar-refractivity contribution is -0.150. The summed E-state index contributed by atoms with van der Waals surface area (Å²) in [5.41, 5.74) is 0.947. The van der Waals surface area contributed by atoms with E-state index in [2.05, 4.69) is 20.9 Å². The third kappa shape index (κ3) is 9.69. The predicted octanol–water partition coefficient (Wildman–Crippen LogP) is 3.22. The molecule has 1 aliphatic heterocycles. The number of ketones is 1. The summed E-state index contributed by atoms with van der Waals surface area (Å²) in [7, 11) is 1.54. The van der Waals surface area contributed by atoms with Crippen LogP contribution < -0.4 is 20.7 Å². The molecule has 2 heterocycles. The Bertz CT molecular complexity index is 1320. The van der Waals surface area contributed by atoms with Crippen molar-refractivity contribution in [1.82, 2.24) is 20.9 Å². The summed E-state index contributed by atoms with van der Waals surface area (Å²) < 4.78 is 21.0. The highest BCUT2D eigenvalue weighted by Gasteiger charge is 2.34. The molecule has 1 aliphatic rings. The quantitative estimate of drug-likeness (QED) is 0.163. The first kappa shape index (κ1) is 34.4. The summed E-state index contributed by atoms with van der Waals surface area (Å²) in [6.07, 6.45) is -1.24. The Morgan fingerprint density at radius 1 is 1.05 bits per heavy atom. The maximum absolute atomic E-state index is 13.6. The van der Waals surface area contributed by atoms with Gasteiger partial charge >= 0.3 is 6.16 Å². The number of methoxy groups -OCH3 is 1. The highest BCUT2D eigenvalue weighted by molar-refractivity contribution is 6.02. The molecular formula is C31H44N4O9. The average molecular weight is 617 g/mol. The Morgan fingerprint density at radius 2 is 1.80 bits per heavy atom. The van der Waals surface area contributed by atoms with Gasteiger partial charge in [-0.15, -0.1) is 0 Å². The third-order valence-electron chi connectivity index (χ3n) is 7.11. The van der Waals surface area contributed by atoms with Crippen LogP contribution in [0.1, 0.15) is 70.8 Å². The molecule has 1 fully saturated rings. The minimum absolute atomic E-state index is 0.0278. The molecule has 0 saturated carbocycles. The van der Waals surface area contributed by atoms with E-state index in [1.807, 2.05) is 19.9 Å². The molecule has 4 N–H and O–H groups in total. The molecule has 0 spiro atoms. The lowest BCUT2D eigenvalue weighted by Crippen LogP contribution is -2.53. The molecule has 242 valence electrons. The van der Waals surface area contributed by atoms with Gasteiger partial charge in [-0.25, -0.2) is 4.79 Å². The van der Waals surface area contributed by atoms with Crippen LogP contribution in [0.5, 0.6) is 5.75 Å². The zero-order valence-corrected chi connectivity index (χ0v) is 26.2. The normalized spacial score (nSPS) is 16.7. The van der Waals surface area contributed by atoms with E-state index in [0.29, 0.717) is 30.7 Å². The highest BCUT2D eigenvalue weighted by Crippen LogP contribution is 2.26. The zero-order valence-electron chi connectivity index (χ0n) is 26.2. The molecule has 1 saturated heterocycles. The van der Waals surface area contributed by atoms with Gasteiger partial charge in [-0.1, -0.05) is 26.8 Å². The number of nitrogens with one attached hydrogen (secondary N) is 4. The summed E-state index contributed by atoms with van der Waals surface area (Å²) in [5, 5.41) is 9.00. The van der Waals surface area contributed by atoms with Crippen LogP contribution in [0.25, 0.3) is 10.9 Å². The van der Waals surface area contributed by atoms with Gasteiger partial charge < -0.3 is 39.9 Å². The summed E-state index contributed by atoms with van der Waals surface area (Å²) in [5.74, 6) is -1.63. The molecule has 3 rings (SSSR count). The summed E-state index contributed by atoms with van der Waals surface area (Å²) in [6, 6.07) is 4.99. The fraction of sp³-hybridized carbons (Fsp3) is 0.581. The first-order chi connectivity index (χ1) is 20.9. The molecule has 4 atom stereocenters. The topological polar surface area (TPSA) is 174 Å². The van der Waals surface area contributed by atoms with Crippen LogP contribution in [0, 0.1) is 11.8 Å². The predicted molar refractivity (Wildman–Crippen MR) is 161 cm³/mol. The van der Waals surface area contributed by atoms with Gasteiger partial charge in [-0.05, 0) is 57.2 Å². The molecule has 0 unspecified atom stereocenters. The first-order valence-corrected chi connectivity index (χ1v) is 15.0. The van der Waals surface area contributed by atoms with Gasteiger partial charge in [0.15, 0.2) is 5.78 Å². The van der Waals surface area contributed by atoms with Crippen LogP contribution >= 0.6 is 0 Å². The van der Waals surface area contributed by atoms with E-state index in [0.717, 1.165) is 5.39 Å². The lowest BCUT2D eigenvalue weighted by atomic mass is 9.95. The molecule has 0 radical (unpaired) electrons. The number of H-pyrrole nitrogens is 1. The fourth-order valence-corrected chi connectivity index (χ4v) is 4.90. The summed E-state index contributed by atoms with van der Waals surface area (Å²) in [6.45, 7) is 8.87. The molecule has 3 amide bonds. The number of aromatic nitrogens is 1. The maximum atomic E-state index is 13.6. The van der Waals surface area contributed by atoms with Crippen molar-refractivity contribution in [3.63, 3.8) is 0 Å². The fourth-order valence-electron chi connectivity index (χ4n) is 4.90. The number of hydrogen-bond acceptors (Lipinski definition) is 9.